The fraction of sp³-hybridized carbons (Fsp3) is 0.778. The van der Waals surface area contributed by atoms with Crippen LogP contribution in [0.2, 0.25) is 0 Å². The molecule has 0 bridgehead atoms. The van der Waals surface area contributed by atoms with Gasteiger partial charge in [-0.05, 0) is 32.1 Å². The van der Waals surface area contributed by atoms with Crippen molar-refractivity contribution in [3.63, 3.8) is 0 Å². The normalized spacial score (nSPS) is 15.5. The van der Waals surface area contributed by atoms with Crippen molar-refractivity contribution < 1.29 is 33.4 Å². The highest BCUT2D eigenvalue weighted by molar-refractivity contribution is 7.60. The van der Waals surface area contributed by atoms with Gasteiger partial charge in [-0.2, -0.15) is 9.42 Å². The number of carbonyl (C=O) groups excluding carboxylic acids is 1. The summed E-state index contributed by atoms with van der Waals surface area (Å²) in [6.45, 7) is 8.16. The minimum Gasteiger partial charge on any atom is -0.481 e. The maximum Gasteiger partial charge on any atom is 0.414 e. The molecule has 1 heterocycles. The minimum absolute atomic E-state index is 0.0654. The predicted molar refractivity (Wildman–Crippen MR) is 152 cm³/mol. The summed E-state index contributed by atoms with van der Waals surface area (Å²) in [5.74, 6) is -1.67. The van der Waals surface area contributed by atoms with Gasteiger partial charge in [0.2, 0.25) is 6.79 Å². The number of ether oxygens (including phenoxy) is 1. The number of fused-ring (bicyclic) bond motifs is 1. The van der Waals surface area contributed by atoms with Gasteiger partial charge in [-0.15, -0.1) is 4.52 Å². The van der Waals surface area contributed by atoms with Crippen LogP contribution in [0, 0.1) is 11.3 Å². The van der Waals surface area contributed by atoms with Crippen molar-refractivity contribution >= 4 is 31.3 Å². The first kappa shape index (κ1) is 33.1. The summed E-state index contributed by atoms with van der Waals surface area (Å²) in [5.41, 5.74) is -1.76. The van der Waals surface area contributed by atoms with Crippen LogP contribution in [0.5, 0.6) is 0 Å². The molecule has 1 atom stereocenters. The van der Waals surface area contributed by atoms with Gasteiger partial charge in [0.05, 0.1) is 17.9 Å². The Hall–Kier alpha value is -2.07. The number of nitrogens with zero attached hydrogens (tertiary/aromatic N) is 1. The van der Waals surface area contributed by atoms with Crippen LogP contribution in [0.25, 0.3) is 0 Å². The Labute approximate surface area is 231 Å². The smallest absolute Gasteiger partial charge is 0.414 e. The lowest BCUT2D eigenvalue weighted by Gasteiger charge is -2.30. The number of hydrogen-bond donors (Lipinski definition) is 3. The Morgan fingerprint density at radius 1 is 1.03 bits per heavy atom. The second-order valence-electron chi connectivity index (χ2n) is 10.4. The van der Waals surface area contributed by atoms with Crippen LogP contribution in [0.15, 0.2) is 9.59 Å². The van der Waals surface area contributed by atoms with Gasteiger partial charge in [-0.3, -0.25) is 19.2 Å². The number of esters is 1. The molecule has 0 aliphatic carbocycles. The van der Waals surface area contributed by atoms with E-state index in [1.54, 1.807) is 4.90 Å². The van der Waals surface area contributed by atoms with Crippen molar-refractivity contribution in [1.29, 1.82) is 0 Å². The minimum atomic E-state index is -3.73. The van der Waals surface area contributed by atoms with Crippen LogP contribution < -0.4 is 21.1 Å². The van der Waals surface area contributed by atoms with Gasteiger partial charge in [-0.25, -0.2) is 0 Å². The fourth-order valence-corrected chi connectivity index (χ4v) is 6.66. The Kier molecular flexibility index (Phi) is 13.3. The molecule has 1 aromatic rings. The third kappa shape index (κ3) is 8.71. The second kappa shape index (κ2) is 15.6. The zero-order chi connectivity index (χ0) is 29.1. The van der Waals surface area contributed by atoms with E-state index in [-0.39, 0.29) is 36.6 Å². The Balaban J connectivity index is 2.19. The Morgan fingerprint density at radius 2 is 1.67 bits per heavy atom. The van der Waals surface area contributed by atoms with E-state index in [4.69, 9.17) is 13.8 Å². The summed E-state index contributed by atoms with van der Waals surface area (Å²) in [5, 5.41) is 13.0. The molecule has 0 fully saturated rings. The van der Waals surface area contributed by atoms with Gasteiger partial charge in [0.25, 0.3) is 10.9 Å². The number of rotatable bonds is 19. The molecular weight excluding hydrogens is 527 g/mol. The summed E-state index contributed by atoms with van der Waals surface area (Å²) in [7, 11) is -3.73. The van der Waals surface area contributed by atoms with E-state index in [0.717, 1.165) is 12.8 Å². The first-order chi connectivity index (χ1) is 18.6. The average molecular weight is 574 g/mol. The van der Waals surface area contributed by atoms with Crippen molar-refractivity contribution in [2.24, 2.45) is 11.3 Å². The lowest BCUT2D eigenvalue weighted by molar-refractivity contribution is -0.156. The summed E-state index contributed by atoms with van der Waals surface area (Å²) in [4.78, 5) is 62.3. The van der Waals surface area contributed by atoms with Crippen molar-refractivity contribution in [2.75, 3.05) is 49.4 Å². The number of hydrogen-bond acceptors (Lipinski definition) is 10. The highest BCUT2D eigenvalue weighted by atomic mass is 31.2. The zero-order valence-electron chi connectivity index (χ0n) is 23.8. The van der Waals surface area contributed by atoms with Crippen LogP contribution in [-0.4, -0.2) is 61.1 Å². The van der Waals surface area contributed by atoms with E-state index in [9.17, 15) is 29.2 Å². The topological polar surface area (TPSA) is 152 Å². The van der Waals surface area contributed by atoms with E-state index in [1.807, 2.05) is 27.7 Å². The van der Waals surface area contributed by atoms with Crippen molar-refractivity contribution in [3.05, 3.63) is 20.4 Å². The maximum absolute atomic E-state index is 12.6. The van der Waals surface area contributed by atoms with E-state index in [1.165, 1.54) is 0 Å². The van der Waals surface area contributed by atoms with Gasteiger partial charge in [0.1, 0.15) is 18.0 Å². The highest BCUT2D eigenvalue weighted by Crippen LogP contribution is 2.58. The molecule has 1 aromatic carbocycles. The third-order valence-corrected chi connectivity index (χ3v) is 9.08. The first-order valence-electron chi connectivity index (χ1n) is 14.2. The molecule has 1 unspecified atom stereocenters. The number of anilines is 2. The fourth-order valence-electron chi connectivity index (χ4n) is 5.17. The highest BCUT2D eigenvalue weighted by Gasteiger charge is 2.48. The average Bonchev–Trinajstić information content (AvgIpc) is 3.10. The molecule has 3 N–H and O–H groups in total. The lowest BCUT2D eigenvalue weighted by atomic mass is 9.80. The zero-order valence-corrected chi connectivity index (χ0v) is 24.7. The molecule has 2 rings (SSSR count). The number of carbonyl (C=O) groups is 2. The summed E-state index contributed by atoms with van der Waals surface area (Å²) >= 11 is 0. The molecule has 12 heteroatoms. The molecule has 1 aliphatic heterocycles. The lowest BCUT2D eigenvalue weighted by Crippen LogP contribution is -2.42. The van der Waals surface area contributed by atoms with Crippen LogP contribution in [0.4, 0.5) is 11.4 Å². The molecule has 39 heavy (non-hydrogen) atoms. The molecule has 0 radical (unpaired) electrons. The summed E-state index contributed by atoms with van der Waals surface area (Å²) in [6.07, 6.45) is 5.61. The van der Waals surface area contributed by atoms with E-state index in [2.05, 4.69) is 5.32 Å². The number of nitrogens with one attached hydrogen (secondary N) is 1. The molecule has 222 valence electrons. The molecule has 0 saturated carbocycles. The largest absolute Gasteiger partial charge is 0.481 e. The Morgan fingerprint density at radius 3 is 2.23 bits per heavy atom. The van der Waals surface area contributed by atoms with E-state index in [0.29, 0.717) is 58.0 Å². The summed E-state index contributed by atoms with van der Waals surface area (Å²) in [6, 6.07) is 0. The summed E-state index contributed by atoms with van der Waals surface area (Å²) < 4.78 is 16.9. The maximum atomic E-state index is 12.6. The van der Waals surface area contributed by atoms with Crippen molar-refractivity contribution in [2.45, 2.75) is 85.5 Å². The first-order valence-corrected chi connectivity index (χ1v) is 16.0. The number of aliphatic carboxylic acids is 1. The van der Waals surface area contributed by atoms with Gasteiger partial charge in [0, 0.05) is 13.1 Å². The third-order valence-electron chi connectivity index (χ3n) is 7.28. The standard InChI is InChI=1S/C27H45N2O9P/c1-5-10-20(11-6-2)25(32)36-19-38-39(35,37-18-27(12-7-3,13-8-4)26(33)34)17-16-29-15-9-14-28-21-22(29)24(31)23(21)30/h20,35H,5-19H2,1-4H3,(H-,28,31,33,34)/p+1. The van der Waals surface area contributed by atoms with E-state index >= 15 is 0 Å². The van der Waals surface area contributed by atoms with Crippen LogP contribution in [0.1, 0.15) is 85.5 Å². The predicted octanol–water partition coefficient (Wildman–Crippen LogP) is 4.08. The quantitative estimate of drug-likeness (QED) is 0.0950. The number of carboxylic acids is 1. The van der Waals surface area contributed by atoms with Crippen molar-refractivity contribution in [1.82, 2.24) is 0 Å². The van der Waals surface area contributed by atoms with E-state index < -0.39 is 42.9 Å². The molecule has 0 amide bonds. The molecule has 1 aliphatic rings. The van der Waals surface area contributed by atoms with Gasteiger partial charge < -0.3 is 20.1 Å². The Bertz CT molecular complexity index is 998. The molecule has 0 aromatic heterocycles. The molecule has 0 spiro atoms. The molecular formula is C27H46N2O9P+. The van der Waals surface area contributed by atoms with Gasteiger partial charge >= 0.3 is 19.9 Å². The number of carboxylic acid groups (broad SMARTS) is 1. The van der Waals surface area contributed by atoms with Crippen LogP contribution in [-0.2, 0) is 23.4 Å². The SMILES string of the molecule is CCCC(CCC)C(=O)OCO[P+](O)(CCN1CCCNc2c1c(=O)c2=O)OCC(CCC)(CCC)C(=O)O. The van der Waals surface area contributed by atoms with Gasteiger partial charge in [0.15, 0.2) is 6.16 Å². The monoisotopic (exact) mass is 573 g/mol. The molecule has 0 saturated heterocycles. The van der Waals surface area contributed by atoms with Crippen LogP contribution in [0.3, 0.4) is 0 Å². The molecule has 11 nitrogen and oxygen atoms in total. The van der Waals surface area contributed by atoms with Gasteiger partial charge in [-0.1, -0.05) is 53.4 Å². The second-order valence-corrected chi connectivity index (χ2v) is 12.6. The van der Waals surface area contributed by atoms with Crippen molar-refractivity contribution in [3.8, 4) is 0 Å². The van der Waals surface area contributed by atoms with Crippen LogP contribution >= 0.6 is 7.94 Å².